The van der Waals surface area contributed by atoms with E-state index in [9.17, 15) is 0 Å². The Bertz CT molecular complexity index is 488. The highest BCUT2D eigenvalue weighted by molar-refractivity contribution is 6.33. The van der Waals surface area contributed by atoms with E-state index in [1.807, 2.05) is 28.9 Å². The second-order valence-electron chi connectivity index (χ2n) is 3.81. The van der Waals surface area contributed by atoms with Gasteiger partial charge in [-0.15, -0.1) is 0 Å². The van der Waals surface area contributed by atoms with Gasteiger partial charge in [-0.3, -0.25) is 0 Å². The molecule has 1 fully saturated rings. The van der Waals surface area contributed by atoms with Gasteiger partial charge in [-0.1, -0.05) is 11.6 Å². The molecule has 78 valence electrons. The van der Waals surface area contributed by atoms with E-state index in [1.54, 1.807) is 0 Å². The standard InChI is InChI=1S/C11H11ClN2O/c12-9-2-1-4-14-6-10(13-11(9)14)8-3-5-15-7-8/h1-2,4,6,8H,3,5,7H2. The fourth-order valence-corrected chi connectivity index (χ4v) is 2.17. The topological polar surface area (TPSA) is 26.5 Å². The quantitative estimate of drug-likeness (QED) is 0.741. The average Bonchev–Trinajstić information content (AvgIpc) is 2.86. The van der Waals surface area contributed by atoms with Gasteiger partial charge >= 0.3 is 0 Å². The van der Waals surface area contributed by atoms with E-state index in [2.05, 4.69) is 4.98 Å². The fraction of sp³-hybridized carbons (Fsp3) is 0.364. The summed E-state index contributed by atoms with van der Waals surface area (Å²) in [4.78, 5) is 4.55. The first-order chi connectivity index (χ1) is 7.34. The minimum absolute atomic E-state index is 0.431. The monoisotopic (exact) mass is 222 g/mol. The minimum Gasteiger partial charge on any atom is -0.381 e. The van der Waals surface area contributed by atoms with Crippen molar-refractivity contribution in [1.82, 2.24) is 9.38 Å². The van der Waals surface area contributed by atoms with Crippen LogP contribution in [0.4, 0.5) is 0 Å². The molecule has 3 nitrogen and oxygen atoms in total. The molecule has 3 rings (SSSR count). The zero-order chi connectivity index (χ0) is 10.3. The molecule has 0 spiro atoms. The number of halogens is 1. The summed E-state index contributed by atoms with van der Waals surface area (Å²) in [5, 5.41) is 0.697. The maximum Gasteiger partial charge on any atom is 0.155 e. The largest absolute Gasteiger partial charge is 0.381 e. The van der Waals surface area contributed by atoms with Crippen molar-refractivity contribution in [1.29, 1.82) is 0 Å². The van der Waals surface area contributed by atoms with Crippen LogP contribution in [-0.4, -0.2) is 22.6 Å². The third kappa shape index (κ3) is 1.52. The molecular formula is C11H11ClN2O. The van der Waals surface area contributed by atoms with Gasteiger partial charge in [0.2, 0.25) is 0 Å². The fourth-order valence-electron chi connectivity index (χ4n) is 1.96. The van der Waals surface area contributed by atoms with Crippen LogP contribution in [0.3, 0.4) is 0 Å². The molecule has 2 aromatic rings. The molecule has 1 atom stereocenters. The molecule has 3 heterocycles. The van der Waals surface area contributed by atoms with Crippen LogP contribution in [-0.2, 0) is 4.74 Å². The maximum atomic E-state index is 6.06. The normalized spacial score (nSPS) is 21.3. The zero-order valence-corrected chi connectivity index (χ0v) is 8.94. The Balaban J connectivity index is 2.09. The lowest BCUT2D eigenvalue weighted by molar-refractivity contribution is 0.193. The zero-order valence-electron chi connectivity index (χ0n) is 8.19. The first-order valence-electron chi connectivity index (χ1n) is 5.05. The number of imidazole rings is 1. The van der Waals surface area contributed by atoms with Gasteiger partial charge in [0.25, 0.3) is 0 Å². The molecule has 0 N–H and O–H groups in total. The van der Waals surface area contributed by atoms with Crippen molar-refractivity contribution in [3.63, 3.8) is 0 Å². The molecule has 0 aromatic carbocycles. The van der Waals surface area contributed by atoms with Crippen LogP contribution in [0.1, 0.15) is 18.0 Å². The highest BCUT2D eigenvalue weighted by Crippen LogP contribution is 2.26. The summed E-state index contributed by atoms with van der Waals surface area (Å²) >= 11 is 6.06. The number of pyridine rings is 1. The number of aromatic nitrogens is 2. The Morgan fingerprint density at radius 2 is 2.47 bits per heavy atom. The van der Waals surface area contributed by atoms with E-state index >= 15 is 0 Å². The van der Waals surface area contributed by atoms with E-state index in [0.29, 0.717) is 10.9 Å². The van der Waals surface area contributed by atoms with Gasteiger partial charge in [0, 0.05) is 24.9 Å². The summed E-state index contributed by atoms with van der Waals surface area (Å²) in [6.45, 7) is 1.62. The Morgan fingerprint density at radius 3 is 3.20 bits per heavy atom. The van der Waals surface area contributed by atoms with Crippen LogP contribution in [0.2, 0.25) is 5.02 Å². The van der Waals surface area contributed by atoms with Crippen LogP contribution in [0.25, 0.3) is 5.65 Å². The minimum atomic E-state index is 0.431. The number of hydrogen-bond donors (Lipinski definition) is 0. The molecule has 0 radical (unpaired) electrons. The second kappa shape index (κ2) is 3.51. The van der Waals surface area contributed by atoms with Gasteiger partial charge in [-0.25, -0.2) is 4.98 Å². The molecular weight excluding hydrogens is 212 g/mol. The number of nitrogens with zero attached hydrogens (tertiary/aromatic N) is 2. The first-order valence-corrected chi connectivity index (χ1v) is 5.43. The van der Waals surface area contributed by atoms with Crippen molar-refractivity contribution in [2.75, 3.05) is 13.2 Å². The van der Waals surface area contributed by atoms with Gasteiger partial charge in [-0.2, -0.15) is 0 Å². The highest BCUT2D eigenvalue weighted by Gasteiger charge is 2.20. The van der Waals surface area contributed by atoms with E-state index in [4.69, 9.17) is 16.3 Å². The van der Waals surface area contributed by atoms with E-state index in [0.717, 1.165) is 31.0 Å². The lowest BCUT2D eigenvalue weighted by Gasteiger charge is -2.00. The van der Waals surface area contributed by atoms with E-state index in [1.165, 1.54) is 0 Å². The molecule has 1 aliphatic rings. The van der Waals surface area contributed by atoms with E-state index < -0.39 is 0 Å². The van der Waals surface area contributed by atoms with Gasteiger partial charge in [0.1, 0.15) is 0 Å². The Hall–Kier alpha value is -1.06. The van der Waals surface area contributed by atoms with Crippen LogP contribution >= 0.6 is 11.6 Å². The van der Waals surface area contributed by atoms with Crippen molar-refractivity contribution >= 4 is 17.2 Å². The van der Waals surface area contributed by atoms with Gasteiger partial charge < -0.3 is 9.14 Å². The van der Waals surface area contributed by atoms with Crippen molar-refractivity contribution in [3.05, 3.63) is 35.2 Å². The lowest BCUT2D eigenvalue weighted by atomic mass is 10.1. The predicted molar refractivity (Wildman–Crippen MR) is 58.4 cm³/mol. The van der Waals surface area contributed by atoms with Gasteiger partial charge in [0.05, 0.1) is 17.3 Å². The molecule has 0 amide bonds. The number of hydrogen-bond acceptors (Lipinski definition) is 2. The van der Waals surface area contributed by atoms with Crippen LogP contribution in [0.5, 0.6) is 0 Å². The summed E-state index contributed by atoms with van der Waals surface area (Å²) in [6.07, 6.45) is 5.07. The van der Waals surface area contributed by atoms with E-state index in [-0.39, 0.29) is 0 Å². The van der Waals surface area contributed by atoms with Crippen molar-refractivity contribution in [3.8, 4) is 0 Å². The predicted octanol–water partition coefficient (Wildman–Crippen LogP) is 2.49. The third-order valence-electron chi connectivity index (χ3n) is 2.80. The van der Waals surface area contributed by atoms with Crippen LogP contribution < -0.4 is 0 Å². The third-order valence-corrected chi connectivity index (χ3v) is 3.10. The number of rotatable bonds is 1. The van der Waals surface area contributed by atoms with Gasteiger partial charge in [0.15, 0.2) is 5.65 Å². The van der Waals surface area contributed by atoms with Crippen LogP contribution in [0.15, 0.2) is 24.5 Å². The summed E-state index contributed by atoms with van der Waals surface area (Å²) in [5.41, 5.74) is 1.92. The molecule has 4 heteroatoms. The summed E-state index contributed by atoms with van der Waals surface area (Å²) in [6, 6.07) is 3.78. The second-order valence-corrected chi connectivity index (χ2v) is 4.22. The smallest absolute Gasteiger partial charge is 0.155 e. The molecule has 0 aliphatic carbocycles. The number of ether oxygens (including phenoxy) is 1. The molecule has 0 saturated carbocycles. The molecule has 2 aromatic heterocycles. The Kier molecular flexibility index (Phi) is 2.15. The van der Waals surface area contributed by atoms with Gasteiger partial charge in [-0.05, 0) is 18.6 Å². The Morgan fingerprint density at radius 1 is 1.53 bits per heavy atom. The SMILES string of the molecule is Clc1cccn2cc(C3CCOC3)nc12. The summed E-state index contributed by atoms with van der Waals surface area (Å²) < 4.78 is 7.32. The molecule has 0 bridgehead atoms. The number of fused-ring (bicyclic) bond motifs is 1. The van der Waals surface area contributed by atoms with Crippen molar-refractivity contribution in [2.45, 2.75) is 12.3 Å². The summed E-state index contributed by atoms with van der Waals surface area (Å²) in [7, 11) is 0. The van der Waals surface area contributed by atoms with Crippen molar-refractivity contribution in [2.24, 2.45) is 0 Å². The Labute approximate surface area is 92.6 Å². The highest BCUT2D eigenvalue weighted by atomic mass is 35.5. The molecule has 1 saturated heterocycles. The first kappa shape index (κ1) is 9.19. The molecule has 15 heavy (non-hydrogen) atoms. The molecule has 1 unspecified atom stereocenters. The maximum absolute atomic E-state index is 6.06. The molecule has 1 aliphatic heterocycles. The summed E-state index contributed by atoms with van der Waals surface area (Å²) in [5.74, 6) is 0.431. The average molecular weight is 223 g/mol. The van der Waals surface area contributed by atoms with Crippen molar-refractivity contribution < 1.29 is 4.74 Å². The van der Waals surface area contributed by atoms with Crippen LogP contribution in [0, 0.1) is 0 Å². The lowest BCUT2D eigenvalue weighted by Crippen LogP contribution is -1.96.